The Balaban J connectivity index is 2.53. The maximum Gasteiger partial charge on any atom is 0.240 e. The van der Waals surface area contributed by atoms with Crippen molar-refractivity contribution >= 4 is 27.5 Å². The van der Waals surface area contributed by atoms with E-state index in [1.165, 1.54) is 0 Å². The number of nitrogens with two attached hydrogens (primary N) is 1. The zero-order valence-electron chi connectivity index (χ0n) is 7.58. The van der Waals surface area contributed by atoms with Crippen LogP contribution in [-0.4, -0.2) is 10.1 Å². The van der Waals surface area contributed by atoms with Crippen LogP contribution in [-0.2, 0) is 6.54 Å². The molecule has 78 valence electrons. The molecule has 0 fully saturated rings. The van der Waals surface area contributed by atoms with Gasteiger partial charge in [0.05, 0.1) is 17.1 Å². The maximum atomic E-state index is 6.03. The normalized spacial score (nSPS) is 10.6. The van der Waals surface area contributed by atoms with E-state index in [9.17, 15) is 0 Å². The molecule has 0 bridgehead atoms. The highest BCUT2D eigenvalue weighted by atomic mass is 79.9. The van der Waals surface area contributed by atoms with Crippen LogP contribution in [0.3, 0.4) is 0 Å². The summed E-state index contributed by atoms with van der Waals surface area (Å²) < 4.78 is 5.73. The van der Waals surface area contributed by atoms with Crippen molar-refractivity contribution in [1.82, 2.24) is 10.1 Å². The summed E-state index contributed by atoms with van der Waals surface area (Å²) in [6.07, 6.45) is 0. The van der Waals surface area contributed by atoms with Gasteiger partial charge in [-0.3, -0.25) is 0 Å². The Kier molecular flexibility index (Phi) is 3.04. The van der Waals surface area contributed by atoms with Gasteiger partial charge in [0.2, 0.25) is 11.7 Å². The monoisotopic (exact) mass is 287 g/mol. The Morgan fingerprint density at radius 3 is 2.87 bits per heavy atom. The predicted octanol–water partition coefficient (Wildman–Crippen LogP) is 2.61. The lowest BCUT2D eigenvalue weighted by Gasteiger charge is -2.00. The van der Waals surface area contributed by atoms with Gasteiger partial charge in [-0.1, -0.05) is 22.8 Å². The van der Waals surface area contributed by atoms with Gasteiger partial charge in [-0.25, -0.2) is 0 Å². The van der Waals surface area contributed by atoms with Crippen LogP contribution in [0.2, 0.25) is 5.02 Å². The summed E-state index contributed by atoms with van der Waals surface area (Å²) in [5, 5.41) is 4.36. The van der Waals surface area contributed by atoms with E-state index < -0.39 is 0 Å². The molecule has 0 amide bonds. The standard InChI is InChI=1S/C9H7BrClN3O/c10-5-2-1-3-6(11)8(5)9-13-7(4-12)15-14-9/h1-3H,4,12H2. The molecule has 0 aliphatic rings. The molecule has 0 atom stereocenters. The molecule has 6 heteroatoms. The summed E-state index contributed by atoms with van der Waals surface area (Å²) in [7, 11) is 0. The molecule has 0 spiro atoms. The molecular formula is C9H7BrClN3O. The number of nitrogens with zero attached hydrogens (tertiary/aromatic N) is 2. The number of rotatable bonds is 2. The highest BCUT2D eigenvalue weighted by molar-refractivity contribution is 9.10. The maximum absolute atomic E-state index is 6.03. The summed E-state index contributed by atoms with van der Waals surface area (Å²) in [5.74, 6) is 0.824. The van der Waals surface area contributed by atoms with Crippen molar-refractivity contribution in [3.05, 3.63) is 33.6 Å². The minimum atomic E-state index is 0.217. The van der Waals surface area contributed by atoms with E-state index in [1.807, 2.05) is 12.1 Å². The van der Waals surface area contributed by atoms with E-state index in [0.717, 1.165) is 4.47 Å². The summed E-state index contributed by atoms with van der Waals surface area (Å²) >= 11 is 9.41. The molecule has 15 heavy (non-hydrogen) atoms. The van der Waals surface area contributed by atoms with Crippen molar-refractivity contribution in [2.75, 3.05) is 0 Å². The fraction of sp³-hybridized carbons (Fsp3) is 0.111. The topological polar surface area (TPSA) is 64.9 Å². The Labute approximate surface area is 99.5 Å². The molecule has 0 aliphatic heterocycles. The van der Waals surface area contributed by atoms with Crippen LogP contribution in [0, 0.1) is 0 Å². The molecule has 0 unspecified atom stereocenters. The van der Waals surface area contributed by atoms with Gasteiger partial charge in [-0.15, -0.1) is 0 Å². The molecule has 0 saturated carbocycles. The largest absolute Gasteiger partial charge is 0.338 e. The van der Waals surface area contributed by atoms with Crippen molar-refractivity contribution in [3.63, 3.8) is 0 Å². The third-order valence-corrected chi connectivity index (χ3v) is 2.80. The van der Waals surface area contributed by atoms with Crippen LogP contribution in [0.25, 0.3) is 11.4 Å². The van der Waals surface area contributed by atoms with E-state index in [-0.39, 0.29) is 6.54 Å². The summed E-state index contributed by atoms with van der Waals surface area (Å²) in [4.78, 5) is 4.10. The van der Waals surface area contributed by atoms with Crippen molar-refractivity contribution in [2.45, 2.75) is 6.54 Å². The molecule has 1 heterocycles. The van der Waals surface area contributed by atoms with Gasteiger partial charge in [0, 0.05) is 4.47 Å². The molecule has 2 N–H and O–H groups in total. The SMILES string of the molecule is NCc1nc(-c2c(Cl)cccc2Br)no1. The van der Waals surface area contributed by atoms with Gasteiger partial charge in [-0.05, 0) is 28.1 Å². The Hall–Kier alpha value is -0.910. The highest BCUT2D eigenvalue weighted by Gasteiger charge is 2.13. The van der Waals surface area contributed by atoms with E-state index in [2.05, 4.69) is 26.1 Å². The van der Waals surface area contributed by atoms with E-state index >= 15 is 0 Å². The second-order valence-corrected chi connectivity index (χ2v) is 4.07. The fourth-order valence-corrected chi connectivity index (χ4v) is 2.07. The zero-order chi connectivity index (χ0) is 10.8. The molecular weight excluding hydrogens is 281 g/mol. The molecule has 1 aromatic heterocycles. The summed E-state index contributed by atoms with van der Waals surface area (Å²) in [6.45, 7) is 0.217. The lowest BCUT2D eigenvalue weighted by molar-refractivity contribution is 0.380. The zero-order valence-corrected chi connectivity index (χ0v) is 9.92. The van der Waals surface area contributed by atoms with Crippen LogP contribution in [0.15, 0.2) is 27.2 Å². The van der Waals surface area contributed by atoms with Crippen LogP contribution < -0.4 is 5.73 Å². The second-order valence-electron chi connectivity index (χ2n) is 2.81. The molecule has 4 nitrogen and oxygen atoms in total. The number of halogens is 2. The summed E-state index contributed by atoms with van der Waals surface area (Å²) in [5.41, 5.74) is 6.09. The number of benzene rings is 1. The van der Waals surface area contributed by atoms with Crippen molar-refractivity contribution < 1.29 is 4.52 Å². The molecule has 0 aliphatic carbocycles. The first kappa shape index (κ1) is 10.6. The number of aromatic nitrogens is 2. The van der Waals surface area contributed by atoms with Gasteiger partial charge < -0.3 is 10.3 Å². The van der Waals surface area contributed by atoms with Gasteiger partial charge >= 0.3 is 0 Å². The number of hydrogen-bond acceptors (Lipinski definition) is 4. The average Bonchev–Trinajstić information content (AvgIpc) is 2.66. The first-order valence-electron chi connectivity index (χ1n) is 4.19. The van der Waals surface area contributed by atoms with Crippen molar-refractivity contribution in [1.29, 1.82) is 0 Å². The first-order valence-corrected chi connectivity index (χ1v) is 5.36. The van der Waals surface area contributed by atoms with Gasteiger partial charge in [0.1, 0.15) is 0 Å². The third kappa shape index (κ3) is 2.04. The minimum Gasteiger partial charge on any atom is -0.338 e. The highest BCUT2D eigenvalue weighted by Crippen LogP contribution is 2.32. The Morgan fingerprint density at radius 2 is 2.27 bits per heavy atom. The van der Waals surface area contributed by atoms with Gasteiger partial charge in [-0.2, -0.15) is 4.98 Å². The fourth-order valence-electron chi connectivity index (χ4n) is 1.15. The Bertz CT molecular complexity index is 466. The van der Waals surface area contributed by atoms with E-state index in [1.54, 1.807) is 6.07 Å². The molecule has 1 aromatic carbocycles. The minimum absolute atomic E-state index is 0.217. The number of hydrogen-bond donors (Lipinski definition) is 1. The van der Waals surface area contributed by atoms with E-state index in [4.69, 9.17) is 21.9 Å². The smallest absolute Gasteiger partial charge is 0.240 e. The third-order valence-electron chi connectivity index (χ3n) is 1.83. The van der Waals surface area contributed by atoms with Crippen molar-refractivity contribution in [3.8, 4) is 11.4 Å². The predicted molar refractivity (Wildman–Crippen MR) is 60.3 cm³/mol. The van der Waals surface area contributed by atoms with Crippen LogP contribution in [0.4, 0.5) is 0 Å². The second kappa shape index (κ2) is 4.30. The van der Waals surface area contributed by atoms with Gasteiger partial charge in [0.25, 0.3) is 0 Å². The Morgan fingerprint density at radius 1 is 1.47 bits per heavy atom. The van der Waals surface area contributed by atoms with Crippen molar-refractivity contribution in [2.24, 2.45) is 5.73 Å². The van der Waals surface area contributed by atoms with Gasteiger partial charge in [0.15, 0.2) is 0 Å². The quantitative estimate of drug-likeness (QED) is 0.922. The molecule has 2 rings (SSSR count). The average molecular weight is 289 g/mol. The van der Waals surface area contributed by atoms with Crippen LogP contribution in [0.5, 0.6) is 0 Å². The molecule has 2 aromatic rings. The lowest BCUT2D eigenvalue weighted by Crippen LogP contribution is -1.95. The lowest BCUT2D eigenvalue weighted by atomic mass is 10.2. The first-order chi connectivity index (χ1) is 7.22. The molecule has 0 radical (unpaired) electrons. The molecule has 0 saturated heterocycles. The van der Waals surface area contributed by atoms with E-state index in [0.29, 0.717) is 22.3 Å². The summed E-state index contributed by atoms with van der Waals surface area (Å²) in [6, 6.07) is 5.46. The van der Waals surface area contributed by atoms with Crippen LogP contribution in [0.1, 0.15) is 5.89 Å². The van der Waals surface area contributed by atoms with Crippen LogP contribution >= 0.6 is 27.5 Å².